The summed E-state index contributed by atoms with van der Waals surface area (Å²) in [6, 6.07) is 0. The quantitative estimate of drug-likeness (QED) is 0.793. The van der Waals surface area contributed by atoms with Crippen molar-refractivity contribution >= 4 is 5.97 Å². The second-order valence-corrected chi connectivity index (χ2v) is 6.68. The van der Waals surface area contributed by atoms with Gasteiger partial charge in [-0.2, -0.15) is 0 Å². The number of nitrogens with zero attached hydrogens (tertiary/aromatic N) is 1. The van der Waals surface area contributed by atoms with Crippen LogP contribution in [0.15, 0.2) is 0 Å². The minimum atomic E-state index is -0.375. The van der Waals surface area contributed by atoms with Crippen molar-refractivity contribution < 1.29 is 9.53 Å². The number of piperazine rings is 1. The van der Waals surface area contributed by atoms with Crippen LogP contribution < -0.4 is 5.32 Å². The van der Waals surface area contributed by atoms with E-state index in [1.54, 1.807) is 0 Å². The number of ether oxygens (including phenoxy) is 1. The lowest BCUT2D eigenvalue weighted by Crippen LogP contribution is -2.63. The fourth-order valence-electron chi connectivity index (χ4n) is 3.76. The second-order valence-electron chi connectivity index (χ2n) is 6.68. The average molecular weight is 268 g/mol. The van der Waals surface area contributed by atoms with Gasteiger partial charge in [0.25, 0.3) is 0 Å². The molecule has 0 bridgehead atoms. The Morgan fingerprint density at radius 3 is 2.53 bits per heavy atom. The Bertz CT molecular complexity index is 324. The fourth-order valence-corrected chi connectivity index (χ4v) is 3.76. The minimum Gasteiger partial charge on any atom is -0.465 e. The molecule has 0 amide bonds. The molecule has 1 N–H and O–H groups in total. The van der Waals surface area contributed by atoms with E-state index in [4.69, 9.17) is 4.74 Å². The molecule has 1 atom stereocenters. The molecule has 1 heterocycles. The lowest BCUT2D eigenvalue weighted by molar-refractivity contribution is -0.164. The van der Waals surface area contributed by atoms with Crippen LogP contribution in [0.1, 0.15) is 46.5 Å². The average Bonchev–Trinajstić information content (AvgIpc) is 2.38. The first kappa shape index (κ1) is 14.8. The van der Waals surface area contributed by atoms with Gasteiger partial charge in [-0.25, -0.2) is 0 Å². The molecule has 0 spiro atoms. The number of carbonyl (C=O) groups excluding carboxylic acids is 1. The molecule has 1 saturated carbocycles. The Morgan fingerprint density at radius 2 is 1.95 bits per heavy atom. The van der Waals surface area contributed by atoms with E-state index in [2.05, 4.69) is 24.1 Å². The van der Waals surface area contributed by atoms with E-state index >= 15 is 0 Å². The maximum atomic E-state index is 12.6. The maximum absolute atomic E-state index is 12.6. The molecule has 2 rings (SSSR count). The van der Waals surface area contributed by atoms with E-state index in [9.17, 15) is 4.79 Å². The van der Waals surface area contributed by atoms with Crippen molar-refractivity contribution in [2.75, 3.05) is 32.8 Å². The van der Waals surface area contributed by atoms with Crippen molar-refractivity contribution in [1.82, 2.24) is 10.2 Å². The van der Waals surface area contributed by atoms with Crippen molar-refractivity contribution in [2.45, 2.75) is 52.0 Å². The molecule has 0 aromatic rings. The number of carbonyl (C=O) groups is 1. The van der Waals surface area contributed by atoms with Crippen molar-refractivity contribution in [3.05, 3.63) is 0 Å². The molecular weight excluding hydrogens is 240 g/mol. The number of hydrogen-bond acceptors (Lipinski definition) is 4. The molecule has 1 saturated heterocycles. The predicted molar refractivity (Wildman–Crippen MR) is 76.1 cm³/mol. The molecule has 4 nitrogen and oxygen atoms in total. The molecule has 1 aliphatic carbocycles. The maximum Gasteiger partial charge on any atom is 0.326 e. The van der Waals surface area contributed by atoms with E-state index in [1.165, 1.54) is 6.42 Å². The van der Waals surface area contributed by atoms with Crippen molar-refractivity contribution in [3.8, 4) is 0 Å². The van der Waals surface area contributed by atoms with Gasteiger partial charge in [0.2, 0.25) is 0 Å². The molecule has 2 aliphatic rings. The summed E-state index contributed by atoms with van der Waals surface area (Å²) in [4.78, 5) is 15.0. The van der Waals surface area contributed by atoms with Gasteiger partial charge in [-0.15, -0.1) is 0 Å². The van der Waals surface area contributed by atoms with Gasteiger partial charge in [0.05, 0.1) is 6.61 Å². The van der Waals surface area contributed by atoms with E-state index in [1.807, 2.05) is 6.92 Å². The predicted octanol–water partition coefficient (Wildman–Crippen LogP) is 1.79. The summed E-state index contributed by atoms with van der Waals surface area (Å²) in [7, 11) is 0. The Kier molecular flexibility index (Phi) is 4.51. The summed E-state index contributed by atoms with van der Waals surface area (Å²) < 4.78 is 5.43. The second kappa shape index (κ2) is 5.80. The number of rotatable bonds is 3. The van der Waals surface area contributed by atoms with Crippen LogP contribution in [0.2, 0.25) is 0 Å². The van der Waals surface area contributed by atoms with E-state index < -0.39 is 0 Å². The summed E-state index contributed by atoms with van der Waals surface area (Å²) in [5.74, 6) is 0.00433. The van der Waals surface area contributed by atoms with Crippen LogP contribution in [0, 0.1) is 5.41 Å². The highest BCUT2D eigenvalue weighted by Gasteiger charge is 2.50. The van der Waals surface area contributed by atoms with Crippen molar-refractivity contribution in [3.63, 3.8) is 0 Å². The fraction of sp³-hybridized carbons (Fsp3) is 0.933. The van der Waals surface area contributed by atoms with Gasteiger partial charge < -0.3 is 10.1 Å². The van der Waals surface area contributed by atoms with Crippen LogP contribution in [0.3, 0.4) is 0 Å². The minimum absolute atomic E-state index is 0.00433. The lowest BCUT2D eigenvalue weighted by Gasteiger charge is -2.50. The zero-order valence-electron chi connectivity index (χ0n) is 12.6. The molecule has 0 aromatic heterocycles. The first-order chi connectivity index (χ1) is 9.00. The van der Waals surface area contributed by atoms with Crippen LogP contribution in [-0.2, 0) is 9.53 Å². The topological polar surface area (TPSA) is 41.6 Å². The molecule has 0 aromatic carbocycles. The zero-order chi connectivity index (χ0) is 13.9. The lowest BCUT2D eigenvalue weighted by atomic mass is 9.67. The van der Waals surface area contributed by atoms with Crippen LogP contribution >= 0.6 is 0 Å². The van der Waals surface area contributed by atoms with Crippen molar-refractivity contribution in [2.24, 2.45) is 5.41 Å². The van der Waals surface area contributed by atoms with E-state index in [0.717, 1.165) is 45.4 Å². The molecule has 2 fully saturated rings. The number of nitrogens with one attached hydrogen (secondary N) is 1. The Labute approximate surface area is 116 Å². The third kappa shape index (κ3) is 3.11. The highest BCUT2D eigenvalue weighted by Crippen LogP contribution is 2.44. The highest BCUT2D eigenvalue weighted by molar-refractivity contribution is 5.81. The van der Waals surface area contributed by atoms with Crippen molar-refractivity contribution in [1.29, 1.82) is 0 Å². The van der Waals surface area contributed by atoms with Gasteiger partial charge in [0, 0.05) is 26.2 Å². The SMILES string of the molecule is CCOC(=O)C1(N2CCNCC2)CCCC(C)(C)C1. The molecule has 0 radical (unpaired) electrons. The summed E-state index contributed by atoms with van der Waals surface area (Å²) in [6.45, 7) is 10.8. The molecule has 19 heavy (non-hydrogen) atoms. The molecular formula is C15H28N2O2. The Morgan fingerprint density at radius 1 is 1.26 bits per heavy atom. The van der Waals surface area contributed by atoms with Gasteiger partial charge in [-0.3, -0.25) is 9.69 Å². The Hall–Kier alpha value is -0.610. The monoisotopic (exact) mass is 268 g/mol. The molecule has 110 valence electrons. The number of hydrogen-bond donors (Lipinski definition) is 1. The molecule has 1 unspecified atom stereocenters. The third-order valence-corrected chi connectivity index (χ3v) is 4.59. The van der Waals surface area contributed by atoms with Gasteiger partial charge in [-0.05, 0) is 31.6 Å². The summed E-state index contributed by atoms with van der Waals surface area (Å²) >= 11 is 0. The van der Waals surface area contributed by atoms with E-state index in [0.29, 0.717) is 6.61 Å². The van der Waals surface area contributed by atoms with E-state index in [-0.39, 0.29) is 16.9 Å². The zero-order valence-corrected chi connectivity index (χ0v) is 12.6. The van der Waals surface area contributed by atoms with Gasteiger partial charge in [0.15, 0.2) is 0 Å². The van der Waals surface area contributed by atoms with Crippen LogP contribution in [0.4, 0.5) is 0 Å². The van der Waals surface area contributed by atoms with Gasteiger partial charge in [0.1, 0.15) is 5.54 Å². The van der Waals surface area contributed by atoms with Crippen LogP contribution in [0.25, 0.3) is 0 Å². The third-order valence-electron chi connectivity index (χ3n) is 4.59. The number of esters is 1. The summed E-state index contributed by atoms with van der Waals surface area (Å²) in [5.41, 5.74) is -0.143. The molecule has 4 heteroatoms. The standard InChI is InChI=1S/C15H28N2O2/c1-4-19-13(18)15(17-10-8-16-9-11-17)7-5-6-14(2,3)12-15/h16H,4-12H2,1-3H3. The first-order valence-corrected chi connectivity index (χ1v) is 7.63. The van der Waals surface area contributed by atoms with Crippen LogP contribution in [-0.4, -0.2) is 49.2 Å². The Balaban J connectivity index is 2.23. The smallest absolute Gasteiger partial charge is 0.326 e. The first-order valence-electron chi connectivity index (χ1n) is 7.63. The summed E-state index contributed by atoms with van der Waals surface area (Å²) in [6.07, 6.45) is 4.21. The van der Waals surface area contributed by atoms with Gasteiger partial charge in [-0.1, -0.05) is 20.3 Å². The molecule has 1 aliphatic heterocycles. The highest BCUT2D eigenvalue weighted by atomic mass is 16.5. The van der Waals surface area contributed by atoms with Crippen LogP contribution in [0.5, 0.6) is 0 Å². The normalized spacial score (nSPS) is 31.9. The summed E-state index contributed by atoms with van der Waals surface area (Å²) in [5, 5.41) is 3.37. The van der Waals surface area contributed by atoms with Gasteiger partial charge >= 0.3 is 5.97 Å². The largest absolute Gasteiger partial charge is 0.465 e.